The number of esters is 2. The van der Waals surface area contributed by atoms with Crippen molar-refractivity contribution in [3.8, 4) is 17.2 Å². The van der Waals surface area contributed by atoms with Crippen molar-refractivity contribution in [2.24, 2.45) is 0 Å². The van der Waals surface area contributed by atoms with Gasteiger partial charge in [0.2, 0.25) is 0 Å². The third kappa shape index (κ3) is 10.3. The zero-order valence-electron chi connectivity index (χ0n) is 20.1. The van der Waals surface area contributed by atoms with Crippen LogP contribution in [0, 0.1) is 0 Å². The van der Waals surface area contributed by atoms with Gasteiger partial charge in [-0.1, -0.05) is 72.3 Å². The van der Waals surface area contributed by atoms with Crippen LogP contribution in [0.5, 0.6) is 17.2 Å². The molecule has 0 amide bonds. The average Bonchev–Trinajstić information content (AvgIpc) is 2.94. The molecule has 0 spiro atoms. The van der Waals surface area contributed by atoms with E-state index in [4.69, 9.17) is 25.8 Å². The molecule has 5 nitrogen and oxygen atoms in total. The number of carbonyl (C=O) groups excluding carboxylic acids is 2. The molecule has 0 aliphatic carbocycles. The van der Waals surface area contributed by atoms with E-state index in [1.807, 2.05) is 60.7 Å². The highest BCUT2D eigenvalue weighted by molar-refractivity contribution is 6.30. The van der Waals surface area contributed by atoms with E-state index in [1.165, 1.54) is 12.2 Å². The van der Waals surface area contributed by atoms with E-state index in [-0.39, 0.29) is 0 Å². The second-order valence-corrected chi connectivity index (χ2v) is 7.90. The number of hydrogen-bond donors (Lipinski definition) is 0. The lowest BCUT2D eigenvalue weighted by Gasteiger charge is -2.02. The predicted molar refractivity (Wildman–Crippen MR) is 147 cm³/mol. The van der Waals surface area contributed by atoms with E-state index >= 15 is 0 Å². The Morgan fingerprint density at radius 3 is 1.35 bits per heavy atom. The maximum atomic E-state index is 11.6. The maximum Gasteiger partial charge on any atom is 0.336 e. The van der Waals surface area contributed by atoms with Gasteiger partial charge in [0.05, 0.1) is 7.11 Å². The van der Waals surface area contributed by atoms with E-state index in [0.717, 1.165) is 16.9 Å². The topological polar surface area (TPSA) is 61.8 Å². The first-order chi connectivity index (χ1) is 18.0. The molecular weight excluding hydrogens is 488 g/mol. The lowest BCUT2D eigenvalue weighted by molar-refractivity contribution is -0.129. The molecule has 0 bridgehead atoms. The highest BCUT2D eigenvalue weighted by Gasteiger charge is 2.01. The number of methoxy groups -OCH3 is 1. The Morgan fingerprint density at radius 1 is 0.568 bits per heavy atom. The van der Waals surface area contributed by atoms with E-state index < -0.39 is 11.9 Å². The second-order valence-electron chi connectivity index (χ2n) is 7.46. The minimum atomic E-state index is -0.416. The van der Waals surface area contributed by atoms with Gasteiger partial charge in [0.1, 0.15) is 17.2 Å². The van der Waals surface area contributed by atoms with Crippen molar-refractivity contribution < 1.29 is 23.8 Å². The molecular formula is C31H25ClO5. The van der Waals surface area contributed by atoms with E-state index in [1.54, 1.807) is 67.8 Å². The van der Waals surface area contributed by atoms with E-state index in [9.17, 15) is 9.59 Å². The lowest BCUT2D eigenvalue weighted by Crippen LogP contribution is -2.03. The molecule has 6 heteroatoms. The van der Waals surface area contributed by atoms with E-state index in [2.05, 4.69) is 0 Å². The second kappa shape index (κ2) is 14.7. The molecule has 0 atom stereocenters. The zero-order valence-corrected chi connectivity index (χ0v) is 20.9. The van der Waals surface area contributed by atoms with Gasteiger partial charge in [-0.3, -0.25) is 0 Å². The summed E-state index contributed by atoms with van der Waals surface area (Å²) >= 11 is 5.73. The summed E-state index contributed by atoms with van der Waals surface area (Å²) in [4.78, 5) is 23.1. The van der Waals surface area contributed by atoms with Gasteiger partial charge in [-0.2, -0.15) is 0 Å². The van der Waals surface area contributed by atoms with Crippen LogP contribution in [0.3, 0.4) is 0 Å². The van der Waals surface area contributed by atoms with Gasteiger partial charge in [-0.15, -0.1) is 0 Å². The smallest absolute Gasteiger partial charge is 0.336 e. The Bertz CT molecular complexity index is 1310. The van der Waals surface area contributed by atoms with Gasteiger partial charge < -0.3 is 14.2 Å². The summed E-state index contributed by atoms with van der Waals surface area (Å²) in [7, 11) is 1.59. The average molecular weight is 513 g/mol. The number of hydrogen-bond acceptors (Lipinski definition) is 5. The highest BCUT2D eigenvalue weighted by atomic mass is 35.5. The fourth-order valence-corrected chi connectivity index (χ4v) is 3.03. The fourth-order valence-electron chi connectivity index (χ4n) is 2.90. The number of ether oxygens (including phenoxy) is 3. The SMILES string of the molecule is COc1ccc(OC(=O)C=Cc2ccccc2)cc1.O=C(C=Cc1ccccc1)Oc1ccc(Cl)cc1. The predicted octanol–water partition coefficient (Wildman–Crippen LogP) is 7.27. The molecule has 37 heavy (non-hydrogen) atoms. The van der Waals surface area contributed by atoms with Crippen molar-refractivity contribution in [2.45, 2.75) is 0 Å². The van der Waals surface area contributed by atoms with Crippen molar-refractivity contribution in [1.29, 1.82) is 0 Å². The molecule has 0 aromatic heterocycles. The third-order valence-electron chi connectivity index (χ3n) is 4.73. The van der Waals surface area contributed by atoms with Gasteiger partial charge in [0.25, 0.3) is 0 Å². The van der Waals surface area contributed by atoms with Crippen molar-refractivity contribution in [3.05, 3.63) is 137 Å². The molecule has 0 saturated carbocycles. The van der Waals surface area contributed by atoms with Crippen LogP contribution < -0.4 is 14.2 Å². The van der Waals surface area contributed by atoms with Gasteiger partial charge in [0.15, 0.2) is 0 Å². The van der Waals surface area contributed by atoms with Crippen molar-refractivity contribution >= 4 is 35.7 Å². The minimum Gasteiger partial charge on any atom is -0.497 e. The van der Waals surface area contributed by atoms with Crippen LogP contribution in [0.25, 0.3) is 12.2 Å². The first-order valence-corrected chi connectivity index (χ1v) is 11.7. The Labute approximate surface area is 221 Å². The van der Waals surface area contributed by atoms with Gasteiger partial charge >= 0.3 is 11.9 Å². The number of rotatable bonds is 7. The minimum absolute atomic E-state index is 0.408. The standard InChI is InChI=1S/C16H14O3.C15H11ClO2/c1-18-14-8-10-15(11-9-14)19-16(17)12-7-13-5-3-2-4-6-13;16-13-7-9-14(10-8-13)18-15(17)11-6-12-4-2-1-3-5-12/h2-12H,1H3;1-11H. The van der Waals surface area contributed by atoms with Crippen LogP contribution in [0.4, 0.5) is 0 Å². The molecule has 0 N–H and O–H groups in total. The monoisotopic (exact) mass is 512 g/mol. The zero-order chi connectivity index (χ0) is 26.3. The van der Waals surface area contributed by atoms with Crippen molar-refractivity contribution in [2.75, 3.05) is 7.11 Å². The van der Waals surface area contributed by atoms with Crippen molar-refractivity contribution in [1.82, 2.24) is 0 Å². The summed E-state index contributed by atoms with van der Waals surface area (Å²) in [6.45, 7) is 0. The van der Waals surface area contributed by atoms with Gasteiger partial charge in [-0.05, 0) is 71.8 Å². The quantitative estimate of drug-likeness (QED) is 0.148. The van der Waals surface area contributed by atoms with Gasteiger partial charge in [0, 0.05) is 17.2 Å². The first kappa shape index (κ1) is 27.0. The molecule has 0 aliphatic rings. The number of carbonyl (C=O) groups is 2. The van der Waals surface area contributed by atoms with Crippen LogP contribution in [0.1, 0.15) is 11.1 Å². The number of halogens is 1. The highest BCUT2D eigenvalue weighted by Crippen LogP contribution is 2.17. The molecule has 4 aromatic rings. The van der Waals surface area contributed by atoms with E-state index in [0.29, 0.717) is 16.5 Å². The molecule has 186 valence electrons. The summed E-state index contributed by atoms with van der Waals surface area (Å²) in [5, 5.41) is 0.606. The molecule has 0 aliphatic heterocycles. The molecule has 4 aromatic carbocycles. The molecule has 4 rings (SSSR count). The van der Waals surface area contributed by atoms with Gasteiger partial charge in [-0.25, -0.2) is 9.59 Å². The Hall–Kier alpha value is -4.61. The largest absolute Gasteiger partial charge is 0.497 e. The summed E-state index contributed by atoms with van der Waals surface area (Å²) in [5.74, 6) is 0.862. The van der Waals surface area contributed by atoms with Crippen LogP contribution in [0.15, 0.2) is 121 Å². The Balaban J connectivity index is 0.000000206. The molecule has 0 saturated heterocycles. The summed E-state index contributed by atoms with van der Waals surface area (Å²) < 4.78 is 15.3. The van der Waals surface area contributed by atoms with Crippen LogP contribution in [-0.4, -0.2) is 19.0 Å². The molecule has 0 heterocycles. The fraction of sp³-hybridized carbons (Fsp3) is 0.0323. The lowest BCUT2D eigenvalue weighted by atomic mass is 10.2. The summed E-state index contributed by atoms with van der Waals surface area (Å²) in [6, 6.07) is 32.6. The van der Waals surface area contributed by atoms with Crippen LogP contribution >= 0.6 is 11.6 Å². The summed E-state index contributed by atoms with van der Waals surface area (Å²) in [6.07, 6.45) is 6.22. The maximum absolute atomic E-state index is 11.6. The number of benzene rings is 4. The third-order valence-corrected chi connectivity index (χ3v) is 4.98. The van der Waals surface area contributed by atoms with Crippen LogP contribution in [-0.2, 0) is 9.59 Å². The van der Waals surface area contributed by atoms with Crippen LogP contribution in [0.2, 0.25) is 5.02 Å². The molecule has 0 fully saturated rings. The molecule has 0 radical (unpaired) electrons. The first-order valence-electron chi connectivity index (χ1n) is 11.3. The Kier molecular flexibility index (Phi) is 10.7. The summed E-state index contributed by atoms with van der Waals surface area (Å²) in [5.41, 5.74) is 1.90. The normalized spacial score (nSPS) is 10.4. The van der Waals surface area contributed by atoms with Crippen molar-refractivity contribution in [3.63, 3.8) is 0 Å². The molecule has 0 unspecified atom stereocenters. The Morgan fingerprint density at radius 2 is 0.946 bits per heavy atom.